The van der Waals surface area contributed by atoms with E-state index in [-0.39, 0.29) is 11.7 Å². The summed E-state index contributed by atoms with van der Waals surface area (Å²) in [5.74, 6) is 0.483. The molecule has 7 nitrogen and oxygen atoms in total. The number of nitrogens with one attached hydrogen (secondary N) is 2. The predicted molar refractivity (Wildman–Crippen MR) is 118 cm³/mol. The molecule has 156 valence electrons. The molecular weight excluding hydrogens is 396 g/mol. The number of amides is 2. The van der Waals surface area contributed by atoms with E-state index in [2.05, 4.69) is 10.6 Å². The van der Waals surface area contributed by atoms with E-state index >= 15 is 0 Å². The summed E-state index contributed by atoms with van der Waals surface area (Å²) in [6.07, 6.45) is 0. The van der Waals surface area contributed by atoms with E-state index in [0.717, 1.165) is 0 Å². The van der Waals surface area contributed by atoms with Crippen LogP contribution in [0.15, 0.2) is 77.2 Å². The van der Waals surface area contributed by atoms with E-state index in [1.807, 2.05) is 6.07 Å². The molecule has 0 saturated carbocycles. The molecule has 0 aliphatic heterocycles. The fourth-order valence-corrected chi connectivity index (χ4v) is 3.12. The molecule has 4 aromatic rings. The number of carbonyl (C=O) groups excluding carboxylic acids is 2. The Kier molecular flexibility index (Phi) is 5.57. The van der Waals surface area contributed by atoms with Crippen molar-refractivity contribution in [2.45, 2.75) is 0 Å². The average molecular weight is 416 g/mol. The Labute approximate surface area is 178 Å². The fraction of sp³-hybridized carbons (Fsp3) is 0.0833. The Balaban J connectivity index is 1.64. The van der Waals surface area contributed by atoms with Gasteiger partial charge in [-0.05, 0) is 60.7 Å². The second kappa shape index (κ2) is 8.62. The molecule has 1 heterocycles. The maximum absolute atomic E-state index is 13.0. The number of fused-ring (bicyclic) bond motifs is 1. The van der Waals surface area contributed by atoms with Crippen LogP contribution in [0.5, 0.6) is 11.5 Å². The van der Waals surface area contributed by atoms with Crippen LogP contribution >= 0.6 is 0 Å². The second-order valence-electron chi connectivity index (χ2n) is 6.67. The first-order valence-electron chi connectivity index (χ1n) is 9.51. The molecular formula is C24H20N2O5. The van der Waals surface area contributed by atoms with Crippen molar-refractivity contribution in [3.63, 3.8) is 0 Å². The van der Waals surface area contributed by atoms with E-state index in [4.69, 9.17) is 13.9 Å². The van der Waals surface area contributed by atoms with E-state index < -0.39 is 5.91 Å². The third kappa shape index (κ3) is 4.20. The van der Waals surface area contributed by atoms with Crippen LogP contribution < -0.4 is 20.1 Å². The first kappa shape index (κ1) is 20.0. The molecule has 0 radical (unpaired) electrons. The summed E-state index contributed by atoms with van der Waals surface area (Å²) in [7, 11) is 3.13. The summed E-state index contributed by atoms with van der Waals surface area (Å²) < 4.78 is 16.0. The van der Waals surface area contributed by atoms with Crippen LogP contribution in [-0.4, -0.2) is 26.0 Å². The zero-order chi connectivity index (χ0) is 21.8. The average Bonchev–Trinajstić information content (AvgIpc) is 3.18. The minimum atomic E-state index is -0.480. The monoisotopic (exact) mass is 416 g/mol. The van der Waals surface area contributed by atoms with Crippen molar-refractivity contribution in [2.24, 2.45) is 0 Å². The first-order chi connectivity index (χ1) is 15.1. The highest BCUT2D eigenvalue weighted by Crippen LogP contribution is 2.32. The molecule has 0 fully saturated rings. The number of hydrogen-bond donors (Lipinski definition) is 2. The SMILES string of the molecule is COc1ccc(NC(=O)c2oc3ccccc3c2NC(=O)c2ccc(OC)cc2)cc1. The third-order valence-corrected chi connectivity index (χ3v) is 4.74. The molecule has 1 aromatic heterocycles. The van der Waals surface area contributed by atoms with Gasteiger partial charge in [0, 0.05) is 16.6 Å². The number of anilines is 2. The third-order valence-electron chi connectivity index (χ3n) is 4.74. The minimum Gasteiger partial charge on any atom is -0.497 e. The van der Waals surface area contributed by atoms with Crippen LogP contribution in [0.1, 0.15) is 20.9 Å². The normalized spacial score (nSPS) is 10.5. The van der Waals surface area contributed by atoms with Gasteiger partial charge in [0.1, 0.15) is 22.8 Å². The van der Waals surface area contributed by atoms with Gasteiger partial charge in [0.05, 0.1) is 14.2 Å². The minimum absolute atomic E-state index is 0.0129. The van der Waals surface area contributed by atoms with Crippen LogP contribution in [0.4, 0.5) is 11.4 Å². The van der Waals surface area contributed by atoms with Gasteiger partial charge >= 0.3 is 0 Å². The molecule has 31 heavy (non-hydrogen) atoms. The Bertz CT molecular complexity index is 1230. The Morgan fingerprint density at radius 1 is 0.742 bits per heavy atom. The summed E-state index contributed by atoms with van der Waals surface area (Å²) >= 11 is 0. The molecule has 0 spiro atoms. The van der Waals surface area contributed by atoms with Crippen molar-refractivity contribution in [3.05, 3.63) is 84.1 Å². The number of ether oxygens (including phenoxy) is 2. The highest BCUT2D eigenvalue weighted by molar-refractivity contribution is 6.16. The summed E-state index contributed by atoms with van der Waals surface area (Å²) in [5, 5.41) is 6.23. The van der Waals surface area contributed by atoms with Gasteiger partial charge in [-0.15, -0.1) is 0 Å². The van der Waals surface area contributed by atoms with Crippen LogP contribution in [0.3, 0.4) is 0 Å². The molecule has 2 N–H and O–H groups in total. The smallest absolute Gasteiger partial charge is 0.293 e. The first-order valence-corrected chi connectivity index (χ1v) is 9.51. The van der Waals surface area contributed by atoms with Gasteiger partial charge in [-0.3, -0.25) is 9.59 Å². The van der Waals surface area contributed by atoms with Crippen molar-refractivity contribution in [2.75, 3.05) is 24.9 Å². The molecule has 0 bridgehead atoms. The standard InChI is InChI=1S/C24H20N2O5/c1-29-17-11-7-15(8-12-17)23(27)26-21-19-5-3-4-6-20(19)31-22(21)24(28)25-16-9-13-18(30-2)14-10-16/h3-14H,1-2H3,(H,25,28)(H,26,27). The number of hydrogen-bond acceptors (Lipinski definition) is 5. The van der Waals surface area contributed by atoms with Gasteiger partial charge in [-0.25, -0.2) is 0 Å². The Morgan fingerprint density at radius 2 is 1.35 bits per heavy atom. The second-order valence-corrected chi connectivity index (χ2v) is 6.67. The van der Waals surface area contributed by atoms with Crippen LogP contribution in [0.25, 0.3) is 11.0 Å². The van der Waals surface area contributed by atoms with E-state index in [1.54, 1.807) is 80.9 Å². The van der Waals surface area contributed by atoms with Crippen LogP contribution in [0, 0.1) is 0 Å². The number of carbonyl (C=O) groups is 2. The lowest BCUT2D eigenvalue weighted by Crippen LogP contribution is -2.17. The lowest BCUT2D eigenvalue weighted by molar-refractivity contribution is 0.0999. The maximum Gasteiger partial charge on any atom is 0.293 e. The van der Waals surface area contributed by atoms with Gasteiger partial charge in [0.25, 0.3) is 11.8 Å². The van der Waals surface area contributed by atoms with Crippen molar-refractivity contribution < 1.29 is 23.5 Å². The summed E-state index contributed by atoms with van der Waals surface area (Å²) in [6, 6.07) is 20.7. The Hall–Kier alpha value is -4.26. The molecule has 2 amide bonds. The fourth-order valence-electron chi connectivity index (χ4n) is 3.12. The number of methoxy groups -OCH3 is 2. The van der Waals surface area contributed by atoms with Gasteiger partial charge in [-0.2, -0.15) is 0 Å². The van der Waals surface area contributed by atoms with Crippen LogP contribution in [-0.2, 0) is 0 Å². The molecule has 4 rings (SSSR count). The van der Waals surface area contributed by atoms with E-state index in [0.29, 0.717) is 39.4 Å². The van der Waals surface area contributed by atoms with E-state index in [9.17, 15) is 9.59 Å². The molecule has 0 saturated heterocycles. The zero-order valence-electron chi connectivity index (χ0n) is 17.0. The maximum atomic E-state index is 13.0. The molecule has 3 aromatic carbocycles. The summed E-state index contributed by atoms with van der Waals surface area (Å²) in [6.45, 7) is 0. The van der Waals surface area contributed by atoms with Crippen molar-refractivity contribution >= 4 is 34.2 Å². The molecule has 0 aliphatic rings. The molecule has 0 unspecified atom stereocenters. The van der Waals surface area contributed by atoms with Crippen LogP contribution in [0.2, 0.25) is 0 Å². The zero-order valence-corrected chi connectivity index (χ0v) is 17.0. The number of furan rings is 1. The number of benzene rings is 3. The van der Waals surface area contributed by atoms with Gasteiger partial charge in [-0.1, -0.05) is 12.1 Å². The van der Waals surface area contributed by atoms with Crippen molar-refractivity contribution in [3.8, 4) is 11.5 Å². The quantitative estimate of drug-likeness (QED) is 0.464. The lowest BCUT2D eigenvalue weighted by atomic mass is 10.1. The largest absolute Gasteiger partial charge is 0.497 e. The predicted octanol–water partition coefficient (Wildman–Crippen LogP) is 4.95. The molecule has 0 aliphatic carbocycles. The van der Waals surface area contributed by atoms with E-state index in [1.165, 1.54) is 0 Å². The highest BCUT2D eigenvalue weighted by Gasteiger charge is 2.23. The van der Waals surface area contributed by atoms with Gasteiger partial charge < -0.3 is 24.5 Å². The van der Waals surface area contributed by atoms with Gasteiger partial charge in [0.2, 0.25) is 5.76 Å². The molecule has 7 heteroatoms. The number of para-hydroxylation sites is 1. The highest BCUT2D eigenvalue weighted by atomic mass is 16.5. The van der Waals surface area contributed by atoms with Crippen molar-refractivity contribution in [1.29, 1.82) is 0 Å². The number of rotatable bonds is 6. The van der Waals surface area contributed by atoms with Crippen molar-refractivity contribution in [1.82, 2.24) is 0 Å². The lowest BCUT2D eigenvalue weighted by Gasteiger charge is -2.08. The topological polar surface area (TPSA) is 89.8 Å². The van der Waals surface area contributed by atoms with Gasteiger partial charge in [0.15, 0.2) is 0 Å². The Morgan fingerprint density at radius 3 is 2.00 bits per heavy atom. The summed E-state index contributed by atoms with van der Waals surface area (Å²) in [5.41, 5.74) is 1.79. The molecule has 0 atom stereocenters. The summed E-state index contributed by atoms with van der Waals surface area (Å²) in [4.78, 5) is 25.8.